The average molecular weight is 248 g/mol. The van der Waals surface area contributed by atoms with Gasteiger partial charge in [0.15, 0.2) is 0 Å². The Hall–Kier alpha value is -0.130. The smallest absolute Gasteiger partial charge is 0.212 e. The normalized spacial score (nSPS) is 20.9. The van der Waals surface area contributed by atoms with Gasteiger partial charge in [-0.2, -0.15) is 0 Å². The fraction of sp³-hybridized carbons (Fsp3) is 1.00. The quantitative estimate of drug-likeness (QED) is 0.740. The number of nitrogens with one attached hydrogen (secondary N) is 2. The molecule has 2 N–H and O–H groups in total. The summed E-state index contributed by atoms with van der Waals surface area (Å²) in [5.74, 6) is 0.523. The van der Waals surface area contributed by atoms with Gasteiger partial charge in [0.1, 0.15) is 0 Å². The molecule has 96 valence electrons. The van der Waals surface area contributed by atoms with Crippen molar-refractivity contribution in [3.8, 4) is 0 Å². The van der Waals surface area contributed by atoms with Gasteiger partial charge in [-0.1, -0.05) is 20.3 Å². The van der Waals surface area contributed by atoms with Crippen molar-refractivity contribution in [2.45, 2.75) is 45.6 Å². The Morgan fingerprint density at radius 2 is 2.00 bits per heavy atom. The first-order valence-electron chi connectivity index (χ1n) is 6.24. The number of piperidine rings is 1. The molecule has 0 amide bonds. The molecule has 1 saturated heterocycles. The zero-order valence-electron chi connectivity index (χ0n) is 10.3. The maximum atomic E-state index is 11.9. The molecule has 1 rings (SSSR count). The highest BCUT2D eigenvalue weighted by Crippen LogP contribution is 2.10. The minimum absolute atomic E-state index is 0.139. The Balaban J connectivity index is 2.38. The van der Waals surface area contributed by atoms with Crippen LogP contribution in [0.2, 0.25) is 0 Å². The molecule has 0 aromatic carbocycles. The van der Waals surface area contributed by atoms with E-state index in [1.165, 1.54) is 0 Å². The maximum Gasteiger partial charge on any atom is 0.212 e. The zero-order valence-corrected chi connectivity index (χ0v) is 11.1. The molecule has 5 heteroatoms. The second-order valence-corrected chi connectivity index (χ2v) is 6.62. The van der Waals surface area contributed by atoms with E-state index in [1.54, 1.807) is 0 Å². The zero-order chi connectivity index (χ0) is 12.0. The van der Waals surface area contributed by atoms with Gasteiger partial charge in [0, 0.05) is 6.04 Å². The predicted molar refractivity (Wildman–Crippen MR) is 66.9 cm³/mol. The van der Waals surface area contributed by atoms with Crippen LogP contribution < -0.4 is 10.0 Å². The third-order valence-electron chi connectivity index (χ3n) is 2.97. The maximum absolute atomic E-state index is 11.9. The van der Waals surface area contributed by atoms with Crippen LogP contribution in [0.4, 0.5) is 0 Å². The molecule has 1 atom stereocenters. The van der Waals surface area contributed by atoms with Gasteiger partial charge in [-0.3, -0.25) is 0 Å². The van der Waals surface area contributed by atoms with E-state index in [0.717, 1.165) is 38.8 Å². The number of rotatable bonds is 6. The molecule has 0 bridgehead atoms. The number of sulfonamides is 1. The van der Waals surface area contributed by atoms with Gasteiger partial charge in [0.2, 0.25) is 10.0 Å². The Labute approximate surface area is 99.2 Å². The Morgan fingerprint density at radius 3 is 2.56 bits per heavy atom. The van der Waals surface area contributed by atoms with Crippen LogP contribution in [0.25, 0.3) is 0 Å². The lowest BCUT2D eigenvalue weighted by Crippen LogP contribution is -2.44. The summed E-state index contributed by atoms with van der Waals surface area (Å²) in [7, 11) is -3.08. The topological polar surface area (TPSA) is 58.2 Å². The van der Waals surface area contributed by atoms with Crippen molar-refractivity contribution in [2.75, 3.05) is 18.8 Å². The highest BCUT2D eigenvalue weighted by atomic mass is 32.2. The highest BCUT2D eigenvalue weighted by Gasteiger charge is 2.21. The fourth-order valence-electron chi connectivity index (χ4n) is 2.19. The van der Waals surface area contributed by atoms with Crippen molar-refractivity contribution in [1.29, 1.82) is 0 Å². The fourth-order valence-corrected chi connectivity index (χ4v) is 3.95. The molecule has 0 radical (unpaired) electrons. The van der Waals surface area contributed by atoms with E-state index in [4.69, 9.17) is 0 Å². The molecule has 0 saturated carbocycles. The highest BCUT2D eigenvalue weighted by molar-refractivity contribution is 7.89. The van der Waals surface area contributed by atoms with Gasteiger partial charge in [-0.05, 0) is 38.3 Å². The minimum Gasteiger partial charge on any atom is -0.317 e. The summed E-state index contributed by atoms with van der Waals surface area (Å²) in [4.78, 5) is 0. The van der Waals surface area contributed by atoms with Crippen LogP contribution in [0.3, 0.4) is 0 Å². The van der Waals surface area contributed by atoms with Crippen LogP contribution in [0, 0.1) is 5.92 Å². The molecular weight excluding hydrogens is 224 g/mol. The molecule has 16 heavy (non-hydrogen) atoms. The van der Waals surface area contributed by atoms with Gasteiger partial charge in [0.05, 0.1) is 5.75 Å². The van der Waals surface area contributed by atoms with Crippen molar-refractivity contribution in [3.05, 3.63) is 0 Å². The third kappa shape index (κ3) is 5.27. The molecule has 0 aliphatic carbocycles. The second-order valence-electron chi connectivity index (χ2n) is 4.82. The van der Waals surface area contributed by atoms with E-state index >= 15 is 0 Å². The lowest BCUT2D eigenvalue weighted by Gasteiger charge is -2.24. The van der Waals surface area contributed by atoms with Crippen molar-refractivity contribution in [3.63, 3.8) is 0 Å². The molecule has 0 aromatic heterocycles. The lowest BCUT2D eigenvalue weighted by atomic mass is 10.1. The number of hydrogen-bond donors (Lipinski definition) is 2. The SMILES string of the molecule is CCCC(C)CS(=O)(=O)NC1CCNCC1. The number of hydrogen-bond acceptors (Lipinski definition) is 3. The Kier molecular flexibility index (Phi) is 5.72. The van der Waals surface area contributed by atoms with Crippen LogP contribution in [0.5, 0.6) is 0 Å². The van der Waals surface area contributed by atoms with E-state index in [9.17, 15) is 8.42 Å². The first-order chi connectivity index (χ1) is 7.53. The van der Waals surface area contributed by atoms with Gasteiger partial charge in [-0.25, -0.2) is 13.1 Å². The molecular formula is C11H24N2O2S. The average Bonchev–Trinajstić information content (AvgIpc) is 2.17. The van der Waals surface area contributed by atoms with Crippen molar-refractivity contribution in [2.24, 2.45) is 5.92 Å². The van der Waals surface area contributed by atoms with E-state index in [-0.39, 0.29) is 17.7 Å². The Bertz CT molecular complexity index is 284. The lowest BCUT2D eigenvalue weighted by molar-refractivity contribution is 0.424. The van der Waals surface area contributed by atoms with E-state index < -0.39 is 10.0 Å². The van der Waals surface area contributed by atoms with Gasteiger partial charge in [0.25, 0.3) is 0 Å². The van der Waals surface area contributed by atoms with Crippen LogP contribution in [-0.4, -0.2) is 33.3 Å². The van der Waals surface area contributed by atoms with Crippen LogP contribution in [0.15, 0.2) is 0 Å². The van der Waals surface area contributed by atoms with E-state index in [1.807, 2.05) is 6.92 Å². The summed E-state index contributed by atoms with van der Waals surface area (Å²) in [5.41, 5.74) is 0. The summed E-state index contributed by atoms with van der Waals surface area (Å²) in [6.07, 6.45) is 3.83. The molecule has 1 unspecified atom stereocenters. The van der Waals surface area contributed by atoms with Gasteiger partial charge in [-0.15, -0.1) is 0 Å². The third-order valence-corrected chi connectivity index (χ3v) is 4.67. The predicted octanol–water partition coefficient (Wildman–Crippen LogP) is 1.09. The monoisotopic (exact) mass is 248 g/mol. The molecule has 1 fully saturated rings. The Morgan fingerprint density at radius 1 is 1.38 bits per heavy atom. The van der Waals surface area contributed by atoms with E-state index in [2.05, 4.69) is 17.0 Å². The van der Waals surface area contributed by atoms with Crippen LogP contribution in [-0.2, 0) is 10.0 Å². The second kappa shape index (κ2) is 6.57. The largest absolute Gasteiger partial charge is 0.317 e. The molecule has 0 spiro atoms. The first kappa shape index (κ1) is 13.9. The van der Waals surface area contributed by atoms with E-state index in [0.29, 0.717) is 0 Å². The van der Waals surface area contributed by atoms with Crippen molar-refractivity contribution in [1.82, 2.24) is 10.0 Å². The summed E-state index contributed by atoms with van der Waals surface area (Å²) < 4.78 is 26.5. The van der Waals surface area contributed by atoms with Crippen molar-refractivity contribution >= 4 is 10.0 Å². The summed E-state index contributed by atoms with van der Waals surface area (Å²) in [6.45, 7) is 5.92. The molecule has 1 heterocycles. The van der Waals surface area contributed by atoms with Gasteiger partial charge < -0.3 is 5.32 Å². The molecule has 0 aromatic rings. The van der Waals surface area contributed by atoms with Crippen molar-refractivity contribution < 1.29 is 8.42 Å². The standard InChI is InChI=1S/C11H24N2O2S/c1-3-4-10(2)9-16(14,15)13-11-5-7-12-8-6-11/h10-13H,3-9H2,1-2H3. The summed E-state index contributed by atoms with van der Waals surface area (Å²) in [5, 5.41) is 3.23. The first-order valence-corrected chi connectivity index (χ1v) is 7.89. The molecule has 4 nitrogen and oxygen atoms in total. The van der Waals surface area contributed by atoms with Crippen LogP contribution >= 0.6 is 0 Å². The van der Waals surface area contributed by atoms with Crippen LogP contribution in [0.1, 0.15) is 39.5 Å². The summed E-state index contributed by atoms with van der Waals surface area (Å²) >= 11 is 0. The molecule has 1 aliphatic heterocycles. The van der Waals surface area contributed by atoms with Gasteiger partial charge >= 0.3 is 0 Å². The summed E-state index contributed by atoms with van der Waals surface area (Å²) in [6, 6.07) is 0.139. The molecule has 1 aliphatic rings. The minimum atomic E-state index is -3.08.